The van der Waals surface area contributed by atoms with Crippen molar-refractivity contribution in [2.75, 3.05) is 6.54 Å². The maximum absolute atomic E-state index is 12.1. The van der Waals surface area contributed by atoms with Crippen molar-refractivity contribution in [1.82, 2.24) is 15.1 Å². The van der Waals surface area contributed by atoms with Crippen LogP contribution < -0.4 is 0 Å². The smallest absolute Gasteiger partial charge is 0.311 e. The van der Waals surface area contributed by atoms with E-state index in [2.05, 4.69) is 17.1 Å². The van der Waals surface area contributed by atoms with Gasteiger partial charge in [-0.25, -0.2) is 0 Å². The van der Waals surface area contributed by atoms with Crippen molar-refractivity contribution in [3.63, 3.8) is 0 Å². The van der Waals surface area contributed by atoms with Gasteiger partial charge in [0.1, 0.15) is 0 Å². The summed E-state index contributed by atoms with van der Waals surface area (Å²) >= 11 is 0. The molecule has 1 aromatic rings. The Balaban J connectivity index is 2.13. The van der Waals surface area contributed by atoms with Gasteiger partial charge in [-0.05, 0) is 25.7 Å². The molecule has 1 unspecified atom stereocenters. The third-order valence-electron chi connectivity index (χ3n) is 3.07. The van der Waals surface area contributed by atoms with Crippen LogP contribution in [0.15, 0.2) is 4.42 Å². The van der Waals surface area contributed by atoms with Crippen LogP contribution in [0.3, 0.4) is 0 Å². The number of hydrogen-bond acceptors (Lipinski definition) is 4. The predicted octanol–water partition coefficient (Wildman–Crippen LogP) is 1.78. The molecule has 0 radical (unpaired) electrons. The SMILES string of the molecule is CCC1CCCCN1C(=O)c1nnc(C)o1. The molecule has 1 aliphatic rings. The fraction of sp³-hybridized carbons (Fsp3) is 0.727. The third kappa shape index (κ3) is 2.08. The zero-order chi connectivity index (χ0) is 11.5. The Morgan fingerprint density at radius 2 is 2.31 bits per heavy atom. The number of carbonyl (C=O) groups is 1. The Morgan fingerprint density at radius 3 is 2.94 bits per heavy atom. The van der Waals surface area contributed by atoms with E-state index in [9.17, 15) is 4.79 Å². The number of hydrogen-bond donors (Lipinski definition) is 0. The largest absolute Gasteiger partial charge is 0.417 e. The molecule has 1 fully saturated rings. The molecule has 5 heteroatoms. The highest BCUT2D eigenvalue weighted by Crippen LogP contribution is 2.21. The highest BCUT2D eigenvalue weighted by atomic mass is 16.4. The molecular formula is C11H17N3O2. The molecule has 2 heterocycles. The van der Waals surface area contributed by atoms with Crippen molar-refractivity contribution in [3.8, 4) is 0 Å². The van der Waals surface area contributed by atoms with Crippen LogP contribution >= 0.6 is 0 Å². The lowest BCUT2D eigenvalue weighted by Gasteiger charge is -2.34. The van der Waals surface area contributed by atoms with E-state index >= 15 is 0 Å². The molecule has 1 aliphatic heterocycles. The monoisotopic (exact) mass is 223 g/mol. The van der Waals surface area contributed by atoms with Crippen LogP contribution in [0.5, 0.6) is 0 Å². The van der Waals surface area contributed by atoms with Gasteiger partial charge in [0.15, 0.2) is 0 Å². The zero-order valence-electron chi connectivity index (χ0n) is 9.77. The molecule has 1 atom stereocenters. The summed E-state index contributed by atoms with van der Waals surface area (Å²) in [6, 6.07) is 0.327. The second-order valence-electron chi connectivity index (χ2n) is 4.18. The Hall–Kier alpha value is -1.39. The maximum atomic E-state index is 12.1. The van der Waals surface area contributed by atoms with Crippen LogP contribution in [-0.2, 0) is 0 Å². The number of nitrogens with zero attached hydrogens (tertiary/aromatic N) is 3. The van der Waals surface area contributed by atoms with Crippen LogP contribution in [0.2, 0.25) is 0 Å². The van der Waals surface area contributed by atoms with E-state index < -0.39 is 0 Å². The van der Waals surface area contributed by atoms with E-state index in [-0.39, 0.29) is 11.8 Å². The van der Waals surface area contributed by atoms with E-state index in [4.69, 9.17) is 4.42 Å². The number of aryl methyl sites for hydroxylation is 1. The summed E-state index contributed by atoms with van der Waals surface area (Å²) in [7, 11) is 0. The van der Waals surface area contributed by atoms with E-state index in [1.807, 2.05) is 4.90 Å². The van der Waals surface area contributed by atoms with Crippen molar-refractivity contribution < 1.29 is 9.21 Å². The van der Waals surface area contributed by atoms with Crippen molar-refractivity contribution in [2.45, 2.75) is 45.6 Å². The summed E-state index contributed by atoms with van der Waals surface area (Å²) in [6.07, 6.45) is 4.33. The van der Waals surface area contributed by atoms with Gasteiger partial charge in [0.05, 0.1) is 0 Å². The molecule has 16 heavy (non-hydrogen) atoms. The summed E-state index contributed by atoms with van der Waals surface area (Å²) in [6.45, 7) is 4.60. The summed E-state index contributed by atoms with van der Waals surface area (Å²) in [5, 5.41) is 7.47. The standard InChI is InChI=1S/C11H17N3O2/c1-3-9-6-4-5-7-14(9)11(15)10-13-12-8(2)16-10/h9H,3-7H2,1-2H3. The Labute approximate surface area is 94.8 Å². The number of likely N-dealkylation sites (tertiary alicyclic amines) is 1. The second-order valence-corrected chi connectivity index (χ2v) is 4.18. The normalized spacial score (nSPS) is 21.1. The third-order valence-corrected chi connectivity index (χ3v) is 3.07. The first-order chi connectivity index (χ1) is 7.72. The zero-order valence-corrected chi connectivity index (χ0v) is 9.77. The molecule has 0 aromatic carbocycles. The van der Waals surface area contributed by atoms with Crippen molar-refractivity contribution >= 4 is 5.91 Å². The fourth-order valence-corrected chi connectivity index (χ4v) is 2.20. The first-order valence-corrected chi connectivity index (χ1v) is 5.83. The molecule has 1 saturated heterocycles. The quantitative estimate of drug-likeness (QED) is 0.766. The predicted molar refractivity (Wildman–Crippen MR) is 58.0 cm³/mol. The Morgan fingerprint density at radius 1 is 1.50 bits per heavy atom. The molecule has 0 spiro atoms. The number of amides is 1. The molecule has 1 amide bonds. The van der Waals surface area contributed by atoms with E-state index in [0.29, 0.717) is 11.9 Å². The molecule has 5 nitrogen and oxygen atoms in total. The number of rotatable bonds is 2. The summed E-state index contributed by atoms with van der Waals surface area (Å²) < 4.78 is 5.18. The number of piperidine rings is 1. The lowest BCUT2D eigenvalue weighted by Crippen LogP contribution is -2.43. The highest BCUT2D eigenvalue weighted by Gasteiger charge is 2.29. The first-order valence-electron chi connectivity index (χ1n) is 5.83. The van der Waals surface area contributed by atoms with Crippen LogP contribution in [0.4, 0.5) is 0 Å². The summed E-state index contributed by atoms with van der Waals surface area (Å²) in [4.78, 5) is 14.0. The molecular weight excluding hydrogens is 206 g/mol. The lowest BCUT2D eigenvalue weighted by atomic mass is 10.00. The molecule has 1 aromatic heterocycles. The summed E-state index contributed by atoms with van der Waals surface area (Å²) in [5.74, 6) is 0.443. The van der Waals surface area contributed by atoms with Gasteiger partial charge in [0.2, 0.25) is 5.89 Å². The fourth-order valence-electron chi connectivity index (χ4n) is 2.20. The average Bonchev–Trinajstić information content (AvgIpc) is 2.75. The molecule has 0 aliphatic carbocycles. The van der Waals surface area contributed by atoms with Gasteiger partial charge >= 0.3 is 11.8 Å². The minimum absolute atomic E-state index is 0.118. The molecule has 0 N–H and O–H groups in total. The second kappa shape index (κ2) is 4.63. The van der Waals surface area contributed by atoms with Gasteiger partial charge in [-0.15, -0.1) is 10.2 Å². The van der Waals surface area contributed by atoms with Gasteiger partial charge < -0.3 is 9.32 Å². The van der Waals surface area contributed by atoms with E-state index in [1.165, 1.54) is 6.42 Å². The molecule has 2 rings (SSSR count). The van der Waals surface area contributed by atoms with Gasteiger partial charge in [-0.1, -0.05) is 6.92 Å². The highest BCUT2D eigenvalue weighted by molar-refractivity contribution is 5.89. The maximum Gasteiger partial charge on any atom is 0.311 e. The van der Waals surface area contributed by atoms with Crippen molar-refractivity contribution in [2.24, 2.45) is 0 Å². The van der Waals surface area contributed by atoms with Crippen LogP contribution in [0.25, 0.3) is 0 Å². The van der Waals surface area contributed by atoms with Crippen molar-refractivity contribution in [1.29, 1.82) is 0 Å². The molecule has 88 valence electrons. The average molecular weight is 223 g/mol. The van der Waals surface area contributed by atoms with Gasteiger partial charge in [-0.3, -0.25) is 4.79 Å². The first kappa shape index (κ1) is 11.1. The van der Waals surface area contributed by atoms with Crippen molar-refractivity contribution in [3.05, 3.63) is 11.8 Å². The lowest BCUT2D eigenvalue weighted by molar-refractivity contribution is 0.0566. The topological polar surface area (TPSA) is 59.2 Å². The van der Waals surface area contributed by atoms with Gasteiger partial charge in [0.25, 0.3) is 0 Å². The number of aromatic nitrogens is 2. The minimum atomic E-state index is -0.118. The van der Waals surface area contributed by atoms with Crippen LogP contribution in [0, 0.1) is 6.92 Å². The van der Waals surface area contributed by atoms with Gasteiger partial charge in [0, 0.05) is 19.5 Å². The summed E-state index contributed by atoms with van der Waals surface area (Å²) in [5.41, 5.74) is 0. The molecule has 0 bridgehead atoms. The van der Waals surface area contributed by atoms with Crippen LogP contribution in [0.1, 0.15) is 49.2 Å². The minimum Gasteiger partial charge on any atom is -0.417 e. The van der Waals surface area contributed by atoms with E-state index in [1.54, 1.807) is 6.92 Å². The Kier molecular flexibility index (Phi) is 3.22. The molecule has 0 saturated carbocycles. The van der Waals surface area contributed by atoms with Gasteiger partial charge in [-0.2, -0.15) is 0 Å². The Bertz CT molecular complexity index is 375. The van der Waals surface area contributed by atoms with Crippen LogP contribution in [-0.4, -0.2) is 33.6 Å². The van der Waals surface area contributed by atoms with E-state index in [0.717, 1.165) is 25.8 Å². The number of carbonyl (C=O) groups excluding carboxylic acids is 1.